The van der Waals surface area contributed by atoms with Gasteiger partial charge in [-0.05, 0) is 37.5 Å². The molecule has 0 radical (unpaired) electrons. The standard InChI is InChI=1S/C17H20N2O2S/c1-12-9-17(19-15-7-3-2-6-14(12)15)22-11-16(20)18-10-13-5-4-8-21-13/h2-3,6-7,9,13H,4-5,8,10-11H2,1H3,(H,18,20)/t13-/m0/s1. The minimum absolute atomic E-state index is 0.0353. The number of benzene rings is 1. The van der Waals surface area contributed by atoms with Gasteiger partial charge in [0.1, 0.15) is 0 Å². The number of fused-ring (bicyclic) bond motifs is 1. The molecule has 0 spiro atoms. The van der Waals surface area contributed by atoms with Crippen molar-refractivity contribution >= 4 is 28.6 Å². The van der Waals surface area contributed by atoms with Gasteiger partial charge in [0.2, 0.25) is 5.91 Å². The summed E-state index contributed by atoms with van der Waals surface area (Å²) in [4.78, 5) is 16.5. The highest BCUT2D eigenvalue weighted by molar-refractivity contribution is 7.99. The molecule has 1 amide bonds. The van der Waals surface area contributed by atoms with E-state index in [1.54, 1.807) is 0 Å². The molecule has 1 aromatic heterocycles. The van der Waals surface area contributed by atoms with E-state index in [1.165, 1.54) is 17.3 Å². The number of nitrogens with one attached hydrogen (secondary N) is 1. The van der Waals surface area contributed by atoms with Crippen LogP contribution in [-0.4, -0.2) is 35.9 Å². The topological polar surface area (TPSA) is 51.2 Å². The third-order valence-corrected chi connectivity index (χ3v) is 4.71. The second kappa shape index (κ2) is 7.11. The smallest absolute Gasteiger partial charge is 0.230 e. The van der Waals surface area contributed by atoms with E-state index < -0.39 is 0 Å². The largest absolute Gasteiger partial charge is 0.376 e. The van der Waals surface area contributed by atoms with Gasteiger partial charge >= 0.3 is 0 Å². The third kappa shape index (κ3) is 3.78. The Kier molecular flexibility index (Phi) is 4.95. The Morgan fingerprint density at radius 1 is 1.45 bits per heavy atom. The molecule has 1 aliphatic rings. The van der Waals surface area contributed by atoms with Gasteiger partial charge in [0, 0.05) is 18.5 Å². The van der Waals surface area contributed by atoms with E-state index in [0.717, 1.165) is 35.4 Å². The van der Waals surface area contributed by atoms with Gasteiger partial charge in [-0.2, -0.15) is 0 Å². The fraction of sp³-hybridized carbons (Fsp3) is 0.412. The summed E-state index contributed by atoms with van der Waals surface area (Å²) in [6.07, 6.45) is 2.32. The van der Waals surface area contributed by atoms with Crippen LogP contribution in [-0.2, 0) is 9.53 Å². The Bertz CT molecular complexity index is 669. The van der Waals surface area contributed by atoms with Crippen molar-refractivity contribution in [2.75, 3.05) is 18.9 Å². The molecule has 0 unspecified atom stereocenters. The molecule has 1 aliphatic heterocycles. The Balaban J connectivity index is 1.55. The van der Waals surface area contributed by atoms with Gasteiger partial charge in [-0.3, -0.25) is 4.79 Å². The molecule has 1 saturated heterocycles. The molecule has 3 rings (SSSR count). The number of amides is 1. The predicted octanol–water partition coefficient (Wildman–Crippen LogP) is 2.93. The number of pyridine rings is 1. The highest BCUT2D eigenvalue weighted by Gasteiger charge is 2.16. The monoisotopic (exact) mass is 316 g/mol. The SMILES string of the molecule is Cc1cc(SCC(=O)NC[C@@H]2CCCO2)nc2ccccc12. The number of carbonyl (C=O) groups excluding carboxylic acids is 1. The Labute approximate surface area is 134 Å². The number of para-hydroxylation sites is 1. The predicted molar refractivity (Wildman–Crippen MR) is 89.2 cm³/mol. The summed E-state index contributed by atoms with van der Waals surface area (Å²) >= 11 is 1.48. The fourth-order valence-electron chi connectivity index (χ4n) is 2.62. The molecule has 116 valence electrons. The first-order chi connectivity index (χ1) is 10.7. The van der Waals surface area contributed by atoms with Crippen molar-refractivity contribution in [3.05, 3.63) is 35.9 Å². The van der Waals surface area contributed by atoms with Crippen molar-refractivity contribution in [2.24, 2.45) is 0 Å². The van der Waals surface area contributed by atoms with E-state index in [2.05, 4.69) is 23.3 Å². The minimum Gasteiger partial charge on any atom is -0.376 e. The van der Waals surface area contributed by atoms with Gasteiger partial charge in [-0.1, -0.05) is 30.0 Å². The average Bonchev–Trinajstić information content (AvgIpc) is 3.04. The van der Waals surface area contributed by atoms with Crippen LogP contribution in [0, 0.1) is 6.92 Å². The first kappa shape index (κ1) is 15.3. The maximum atomic E-state index is 11.9. The quantitative estimate of drug-likeness (QED) is 0.862. The van der Waals surface area contributed by atoms with E-state index in [0.29, 0.717) is 12.3 Å². The lowest BCUT2D eigenvalue weighted by atomic mass is 10.1. The summed E-state index contributed by atoms with van der Waals surface area (Å²) in [5.41, 5.74) is 2.16. The van der Waals surface area contributed by atoms with Crippen molar-refractivity contribution in [1.82, 2.24) is 10.3 Å². The Morgan fingerprint density at radius 2 is 2.32 bits per heavy atom. The number of aryl methyl sites for hydroxylation is 1. The number of ether oxygens (including phenoxy) is 1. The number of hydrogen-bond acceptors (Lipinski definition) is 4. The molecule has 1 aromatic carbocycles. The van der Waals surface area contributed by atoms with Crippen molar-refractivity contribution < 1.29 is 9.53 Å². The van der Waals surface area contributed by atoms with Gasteiger partial charge in [-0.25, -0.2) is 4.98 Å². The highest BCUT2D eigenvalue weighted by Crippen LogP contribution is 2.23. The van der Waals surface area contributed by atoms with Gasteiger partial charge < -0.3 is 10.1 Å². The molecule has 0 bridgehead atoms. The molecule has 0 aliphatic carbocycles. The van der Waals surface area contributed by atoms with Crippen molar-refractivity contribution in [1.29, 1.82) is 0 Å². The van der Waals surface area contributed by atoms with Crippen LogP contribution in [0.1, 0.15) is 18.4 Å². The van der Waals surface area contributed by atoms with Gasteiger partial charge in [0.05, 0.1) is 22.4 Å². The molecule has 22 heavy (non-hydrogen) atoms. The zero-order valence-electron chi connectivity index (χ0n) is 12.7. The molecular weight excluding hydrogens is 296 g/mol. The summed E-state index contributed by atoms with van der Waals surface area (Å²) in [5, 5.41) is 4.99. The summed E-state index contributed by atoms with van der Waals surface area (Å²) in [6.45, 7) is 3.50. The van der Waals surface area contributed by atoms with Crippen LogP contribution >= 0.6 is 11.8 Å². The first-order valence-corrected chi connectivity index (χ1v) is 8.58. The summed E-state index contributed by atoms with van der Waals surface area (Å²) < 4.78 is 5.50. The normalized spacial score (nSPS) is 17.8. The van der Waals surface area contributed by atoms with E-state index in [9.17, 15) is 4.79 Å². The number of carbonyl (C=O) groups is 1. The van der Waals surface area contributed by atoms with Gasteiger partial charge in [0.15, 0.2) is 0 Å². The molecule has 0 saturated carbocycles. The average molecular weight is 316 g/mol. The van der Waals surface area contributed by atoms with E-state index in [-0.39, 0.29) is 12.0 Å². The molecule has 1 N–H and O–H groups in total. The number of hydrogen-bond donors (Lipinski definition) is 1. The molecule has 1 fully saturated rings. The summed E-state index contributed by atoms with van der Waals surface area (Å²) in [7, 11) is 0. The number of nitrogens with zero attached hydrogens (tertiary/aromatic N) is 1. The number of thioether (sulfide) groups is 1. The van der Waals surface area contributed by atoms with Crippen molar-refractivity contribution in [2.45, 2.75) is 30.9 Å². The minimum atomic E-state index is 0.0353. The molecular formula is C17H20N2O2S. The number of aromatic nitrogens is 1. The van der Waals surface area contributed by atoms with Crippen LogP contribution in [0.3, 0.4) is 0 Å². The summed E-state index contributed by atoms with van der Waals surface area (Å²) in [6, 6.07) is 10.1. The summed E-state index contributed by atoms with van der Waals surface area (Å²) in [5.74, 6) is 0.422. The second-order valence-corrected chi connectivity index (χ2v) is 6.52. The Hall–Kier alpha value is -1.59. The first-order valence-electron chi connectivity index (χ1n) is 7.60. The van der Waals surface area contributed by atoms with Crippen LogP contribution in [0.5, 0.6) is 0 Å². The second-order valence-electron chi connectivity index (χ2n) is 5.52. The van der Waals surface area contributed by atoms with Gasteiger partial charge in [0.25, 0.3) is 0 Å². The molecule has 2 heterocycles. The molecule has 5 heteroatoms. The van der Waals surface area contributed by atoms with Crippen LogP contribution < -0.4 is 5.32 Å². The zero-order chi connectivity index (χ0) is 15.4. The van der Waals surface area contributed by atoms with E-state index in [1.807, 2.05) is 24.3 Å². The lowest BCUT2D eigenvalue weighted by molar-refractivity contribution is -0.119. The van der Waals surface area contributed by atoms with Gasteiger partial charge in [-0.15, -0.1) is 0 Å². The molecule has 1 atom stereocenters. The van der Waals surface area contributed by atoms with Crippen LogP contribution in [0.4, 0.5) is 0 Å². The zero-order valence-corrected chi connectivity index (χ0v) is 13.5. The lowest BCUT2D eigenvalue weighted by Gasteiger charge is -2.10. The van der Waals surface area contributed by atoms with Crippen molar-refractivity contribution in [3.8, 4) is 0 Å². The Morgan fingerprint density at radius 3 is 3.14 bits per heavy atom. The fourth-order valence-corrected chi connectivity index (χ4v) is 3.42. The van der Waals surface area contributed by atoms with E-state index in [4.69, 9.17) is 4.74 Å². The highest BCUT2D eigenvalue weighted by atomic mass is 32.2. The van der Waals surface area contributed by atoms with Crippen LogP contribution in [0.15, 0.2) is 35.4 Å². The number of rotatable bonds is 5. The molecule has 2 aromatic rings. The van der Waals surface area contributed by atoms with Crippen LogP contribution in [0.25, 0.3) is 10.9 Å². The van der Waals surface area contributed by atoms with E-state index >= 15 is 0 Å². The van der Waals surface area contributed by atoms with Crippen LogP contribution in [0.2, 0.25) is 0 Å². The van der Waals surface area contributed by atoms with Crippen molar-refractivity contribution in [3.63, 3.8) is 0 Å². The third-order valence-electron chi connectivity index (χ3n) is 3.80. The maximum absolute atomic E-state index is 11.9. The maximum Gasteiger partial charge on any atom is 0.230 e. The lowest BCUT2D eigenvalue weighted by Crippen LogP contribution is -2.32. The molecule has 4 nitrogen and oxygen atoms in total.